The maximum Gasteiger partial charge on any atom is 0.229 e. The lowest BCUT2D eigenvalue weighted by molar-refractivity contribution is 0.338. The van der Waals surface area contributed by atoms with Crippen LogP contribution in [0.1, 0.15) is 33.5 Å². The molecule has 0 bridgehead atoms. The van der Waals surface area contributed by atoms with Gasteiger partial charge in [0.2, 0.25) is 5.28 Å². The second kappa shape index (κ2) is 5.21. The molecule has 0 radical (unpaired) electrons. The van der Waals surface area contributed by atoms with Crippen molar-refractivity contribution in [3.8, 4) is 11.4 Å². The van der Waals surface area contributed by atoms with Gasteiger partial charge in [0.1, 0.15) is 11.6 Å². The van der Waals surface area contributed by atoms with Crippen molar-refractivity contribution >= 4 is 11.6 Å². The molecule has 5 heteroatoms. The highest BCUT2D eigenvalue weighted by Gasteiger charge is 2.25. The second-order valence-electron chi connectivity index (χ2n) is 5.28. The predicted octanol–water partition coefficient (Wildman–Crippen LogP) is 3.62. The normalized spacial score (nSPS) is 11.6. The van der Waals surface area contributed by atoms with Crippen molar-refractivity contribution < 1.29 is 4.74 Å². The molecule has 0 unspecified atom stereocenters. The highest BCUT2D eigenvalue weighted by Crippen LogP contribution is 2.31. The minimum Gasteiger partial charge on any atom is -0.492 e. The van der Waals surface area contributed by atoms with E-state index in [-0.39, 0.29) is 5.41 Å². The first kappa shape index (κ1) is 13.9. The van der Waals surface area contributed by atoms with Gasteiger partial charge in [-0.1, -0.05) is 32.9 Å². The van der Waals surface area contributed by atoms with Gasteiger partial charge in [-0.05, 0) is 30.7 Å². The molecule has 19 heavy (non-hydrogen) atoms. The van der Waals surface area contributed by atoms with Gasteiger partial charge in [0.05, 0.1) is 12.3 Å². The Hall–Kier alpha value is -1.55. The highest BCUT2D eigenvalue weighted by atomic mass is 35.5. The first-order valence-corrected chi connectivity index (χ1v) is 6.66. The fourth-order valence-corrected chi connectivity index (χ4v) is 2.09. The zero-order chi connectivity index (χ0) is 14.0. The lowest BCUT2D eigenvalue weighted by Gasteiger charge is -2.20. The number of nitrogens with zero attached hydrogens (tertiary/aromatic N) is 3. The zero-order valence-corrected chi connectivity index (χ0v) is 12.4. The van der Waals surface area contributed by atoms with Crippen LogP contribution in [-0.2, 0) is 5.41 Å². The molecule has 1 heterocycles. The quantitative estimate of drug-likeness (QED) is 0.861. The van der Waals surface area contributed by atoms with Crippen LogP contribution in [0.3, 0.4) is 0 Å². The van der Waals surface area contributed by atoms with Crippen LogP contribution < -0.4 is 4.74 Å². The largest absolute Gasteiger partial charge is 0.492 e. The Morgan fingerprint density at radius 2 is 1.89 bits per heavy atom. The van der Waals surface area contributed by atoms with Gasteiger partial charge < -0.3 is 4.74 Å². The Bertz CT molecular complexity index is 572. The van der Waals surface area contributed by atoms with Crippen molar-refractivity contribution in [1.82, 2.24) is 14.8 Å². The van der Waals surface area contributed by atoms with E-state index in [1.807, 2.05) is 35.8 Å². The number of ether oxygens (including phenoxy) is 1. The molecule has 2 rings (SSSR count). The summed E-state index contributed by atoms with van der Waals surface area (Å²) in [6.07, 6.45) is 0. The van der Waals surface area contributed by atoms with Crippen molar-refractivity contribution in [3.63, 3.8) is 0 Å². The van der Waals surface area contributed by atoms with Crippen LogP contribution in [0.15, 0.2) is 24.3 Å². The van der Waals surface area contributed by atoms with Gasteiger partial charge in [-0.15, -0.1) is 10.2 Å². The molecule has 0 aliphatic carbocycles. The molecule has 0 N–H and O–H groups in total. The van der Waals surface area contributed by atoms with Crippen LogP contribution in [-0.4, -0.2) is 21.4 Å². The van der Waals surface area contributed by atoms with E-state index in [4.69, 9.17) is 16.3 Å². The molecular weight excluding hydrogens is 262 g/mol. The lowest BCUT2D eigenvalue weighted by Crippen LogP contribution is -2.18. The molecule has 0 aliphatic rings. The molecule has 0 saturated heterocycles. The summed E-state index contributed by atoms with van der Waals surface area (Å²) in [5.74, 6) is 1.59. The Balaban J connectivity index is 2.62. The van der Waals surface area contributed by atoms with E-state index in [2.05, 4.69) is 31.0 Å². The van der Waals surface area contributed by atoms with Crippen molar-refractivity contribution in [1.29, 1.82) is 0 Å². The topological polar surface area (TPSA) is 39.9 Å². The van der Waals surface area contributed by atoms with Crippen LogP contribution in [0.2, 0.25) is 5.28 Å². The lowest BCUT2D eigenvalue weighted by atomic mass is 9.95. The number of aromatic nitrogens is 3. The van der Waals surface area contributed by atoms with E-state index in [1.165, 1.54) is 0 Å². The third-order valence-electron chi connectivity index (χ3n) is 2.70. The Labute approximate surface area is 118 Å². The second-order valence-corrected chi connectivity index (χ2v) is 5.62. The van der Waals surface area contributed by atoms with Gasteiger partial charge >= 0.3 is 0 Å². The first-order chi connectivity index (χ1) is 8.95. The monoisotopic (exact) mass is 279 g/mol. The summed E-state index contributed by atoms with van der Waals surface area (Å²) >= 11 is 6.19. The molecule has 2 aromatic rings. The highest BCUT2D eigenvalue weighted by molar-refractivity contribution is 6.28. The van der Waals surface area contributed by atoms with Crippen molar-refractivity contribution in [2.45, 2.75) is 33.1 Å². The van der Waals surface area contributed by atoms with Crippen molar-refractivity contribution in [2.24, 2.45) is 0 Å². The van der Waals surface area contributed by atoms with Crippen molar-refractivity contribution in [3.05, 3.63) is 35.4 Å². The molecule has 0 spiro atoms. The summed E-state index contributed by atoms with van der Waals surface area (Å²) in [6, 6.07) is 7.75. The van der Waals surface area contributed by atoms with E-state index in [0.29, 0.717) is 11.9 Å². The molecule has 0 aliphatic heterocycles. The molecular formula is C14H18ClN3O. The van der Waals surface area contributed by atoms with Crippen molar-refractivity contribution in [2.75, 3.05) is 6.61 Å². The van der Waals surface area contributed by atoms with E-state index >= 15 is 0 Å². The summed E-state index contributed by atoms with van der Waals surface area (Å²) in [5.41, 5.74) is 0.712. The van der Waals surface area contributed by atoms with Gasteiger partial charge in [0, 0.05) is 5.41 Å². The third-order valence-corrected chi connectivity index (χ3v) is 2.95. The molecule has 0 atom stereocenters. The minimum absolute atomic E-state index is 0.153. The fraction of sp³-hybridized carbons (Fsp3) is 0.429. The fourth-order valence-electron chi connectivity index (χ4n) is 1.88. The van der Waals surface area contributed by atoms with E-state index < -0.39 is 0 Å². The maximum atomic E-state index is 6.19. The SMILES string of the molecule is CCOc1ccccc1-n1c(Cl)nnc1C(C)(C)C. The average Bonchev–Trinajstić information content (AvgIpc) is 2.72. The van der Waals surface area contributed by atoms with Crippen LogP contribution >= 0.6 is 11.6 Å². The summed E-state index contributed by atoms with van der Waals surface area (Å²) in [7, 11) is 0. The summed E-state index contributed by atoms with van der Waals surface area (Å²) in [4.78, 5) is 0. The Morgan fingerprint density at radius 1 is 1.21 bits per heavy atom. The summed E-state index contributed by atoms with van der Waals surface area (Å²) in [6.45, 7) is 8.78. The van der Waals surface area contributed by atoms with Gasteiger partial charge in [0.25, 0.3) is 0 Å². The zero-order valence-electron chi connectivity index (χ0n) is 11.6. The number of para-hydroxylation sites is 2. The molecule has 4 nitrogen and oxygen atoms in total. The number of rotatable bonds is 3. The van der Waals surface area contributed by atoms with E-state index in [0.717, 1.165) is 17.3 Å². The third kappa shape index (κ3) is 2.73. The molecule has 1 aromatic heterocycles. The van der Waals surface area contributed by atoms with Crippen LogP contribution in [0.25, 0.3) is 5.69 Å². The number of halogens is 1. The van der Waals surface area contributed by atoms with Crippen LogP contribution in [0, 0.1) is 0 Å². The summed E-state index contributed by atoms with van der Waals surface area (Å²) < 4.78 is 7.49. The molecule has 0 fully saturated rings. The van der Waals surface area contributed by atoms with E-state index in [9.17, 15) is 0 Å². The number of hydrogen-bond acceptors (Lipinski definition) is 3. The van der Waals surface area contributed by atoms with E-state index in [1.54, 1.807) is 0 Å². The predicted molar refractivity (Wildman–Crippen MR) is 76.2 cm³/mol. The molecule has 0 saturated carbocycles. The van der Waals surface area contributed by atoms with Gasteiger partial charge in [-0.3, -0.25) is 4.57 Å². The standard InChI is InChI=1S/C14H18ClN3O/c1-5-19-11-9-7-6-8-10(11)18-12(14(2,3)4)16-17-13(18)15/h6-9H,5H2,1-4H3. The molecule has 0 amide bonds. The number of hydrogen-bond donors (Lipinski definition) is 0. The minimum atomic E-state index is -0.153. The van der Waals surface area contributed by atoms with Crippen LogP contribution in [0.5, 0.6) is 5.75 Å². The number of benzene rings is 1. The summed E-state index contributed by atoms with van der Waals surface area (Å²) in [5, 5.41) is 8.52. The van der Waals surface area contributed by atoms with Crippen LogP contribution in [0.4, 0.5) is 0 Å². The van der Waals surface area contributed by atoms with Gasteiger partial charge in [0.15, 0.2) is 0 Å². The smallest absolute Gasteiger partial charge is 0.229 e. The molecule has 1 aromatic carbocycles. The first-order valence-electron chi connectivity index (χ1n) is 6.28. The maximum absolute atomic E-state index is 6.19. The van der Waals surface area contributed by atoms with Gasteiger partial charge in [-0.25, -0.2) is 0 Å². The Kier molecular flexibility index (Phi) is 3.80. The Morgan fingerprint density at radius 3 is 2.53 bits per heavy atom. The van der Waals surface area contributed by atoms with Gasteiger partial charge in [-0.2, -0.15) is 0 Å². The molecule has 102 valence electrons. The average molecular weight is 280 g/mol.